The summed E-state index contributed by atoms with van der Waals surface area (Å²) in [7, 11) is 0. The Labute approximate surface area is 127 Å². The average Bonchev–Trinajstić information content (AvgIpc) is 2.48. The van der Waals surface area contributed by atoms with Crippen LogP contribution < -0.4 is 4.90 Å². The van der Waals surface area contributed by atoms with Crippen LogP contribution in [0.5, 0.6) is 5.75 Å². The maximum absolute atomic E-state index is 9.86. The second kappa shape index (κ2) is 5.80. The Balaban J connectivity index is 2.01. The van der Waals surface area contributed by atoms with Crippen molar-refractivity contribution >= 4 is 5.69 Å². The molecule has 110 valence electrons. The standard InChI is InChI=1S/C19H23NO/c1-3-20(16-8-4-6-14(2)12-16)19-9-5-7-15-10-11-17(21)13-18(15)19/h4,6,8,10-13,19,21H,3,5,7,9H2,1-2H3. The fraction of sp³-hybridized carbons (Fsp3) is 0.368. The molecular weight excluding hydrogens is 258 g/mol. The summed E-state index contributed by atoms with van der Waals surface area (Å²) in [6.07, 6.45) is 3.49. The molecule has 2 heteroatoms. The third kappa shape index (κ3) is 2.76. The van der Waals surface area contributed by atoms with Gasteiger partial charge < -0.3 is 10.0 Å². The van der Waals surface area contributed by atoms with Gasteiger partial charge in [0, 0.05) is 12.2 Å². The van der Waals surface area contributed by atoms with E-state index in [2.05, 4.69) is 49.1 Å². The van der Waals surface area contributed by atoms with Crippen LogP contribution in [0.25, 0.3) is 0 Å². The minimum absolute atomic E-state index is 0.368. The van der Waals surface area contributed by atoms with Crippen molar-refractivity contribution < 1.29 is 5.11 Å². The smallest absolute Gasteiger partial charge is 0.115 e. The van der Waals surface area contributed by atoms with E-state index in [0.717, 1.165) is 19.4 Å². The van der Waals surface area contributed by atoms with Gasteiger partial charge in [-0.1, -0.05) is 18.2 Å². The van der Waals surface area contributed by atoms with Crippen LogP contribution in [0.4, 0.5) is 5.69 Å². The summed E-state index contributed by atoms with van der Waals surface area (Å²) >= 11 is 0. The lowest BCUT2D eigenvalue weighted by molar-refractivity contribution is 0.467. The van der Waals surface area contributed by atoms with Gasteiger partial charge in [0.1, 0.15) is 5.75 Å². The first-order chi connectivity index (χ1) is 10.2. The number of benzene rings is 2. The lowest BCUT2D eigenvalue weighted by atomic mass is 9.86. The SMILES string of the molecule is CCN(c1cccc(C)c1)C1CCCc2ccc(O)cc21. The van der Waals surface area contributed by atoms with Gasteiger partial charge in [0.25, 0.3) is 0 Å². The fourth-order valence-corrected chi connectivity index (χ4v) is 3.47. The molecule has 0 saturated heterocycles. The molecule has 1 unspecified atom stereocenters. The van der Waals surface area contributed by atoms with Crippen molar-refractivity contribution in [2.45, 2.75) is 39.2 Å². The summed E-state index contributed by atoms with van der Waals surface area (Å²) < 4.78 is 0. The van der Waals surface area contributed by atoms with E-state index in [1.165, 1.54) is 28.8 Å². The third-order valence-corrected chi connectivity index (χ3v) is 4.46. The van der Waals surface area contributed by atoms with Crippen LogP contribution in [0.1, 0.15) is 42.5 Å². The molecule has 0 radical (unpaired) electrons. The largest absolute Gasteiger partial charge is 0.508 e. The number of anilines is 1. The molecular formula is C19H23NO. The van der Waals surface area contributed by atoms with Gasteiger partial charge in [-0.05, 0) is 74.1 Å². The van der Waals surface area contributed by atoms with Crippen molar-refractivity contribution in [2.24, 2.45) is 0 Å². The van der Waals surface area contributed by atoms with E-state index < -0.39 is 0 Å². The van der Waals surface area contributed by atoms with Gasteiger partial charge in [-0.3, -0.25) is 0 Å². The molecule has 0 aromatic heterocycles. The van der Waals surface area contributed by atoms with Crippen LogP contribution in [0.15, 0.2) is 42.5 Å². The number of phenolic OH excluding ortho intramolecular Hbond substituents is 1. The van der Waals surface area contributed by atoms with Gasteiger partial charge in [-0.2, -0.15) is 0 Å². The van der Waals surface area contributed by atoms with E-state index in [-0.39, 0.29) is 0 Å². The Morgan fingerprint density at radius 2 is 2.05 bits per heavy atom. The molecule has 0 amide bonds. The second-order valence-electron chi connectivity index (χ2n) is 5.92. The maximum Gasteiger partial charge on any atom is 0.115 e. The number of nitrogens with zero attached hydrogens (tertiary/aromatic N) is 1. The van der Waals surface area contributed by atoms with Crippen molar-refractivity contribution in [1.82, 2.24) is 0 Å². The van der Waals surface area contributed by atoms with Gasteiger partial charge in [-0.25, -0.2) is 0 Å². The molecule has 2 aromatic carbocycles. The molecule has 0 fully saturated rings. The van der Waals surface area contributed by atoms with Crippen molar-refractivity contribution in [2.75, 3.05) is 11.4 Å². The zero-order valence-electron chi connectivity index (χ0n) is 12.8. The molecule has 1 aliphatic rings. The van der Waals surface area contributed by atoms with E-state index >= 15 is 0 Å². The monoisotopic (exact) mass is 281 g/mol. The Hall–Kier alpha value is -1.96. The van der Waals surface area contributed by atoms with E-state index in [1.807, 2.05) is 12.1 Å². The van der Waals surface area contributed by atoms with Gasteiger partial charge in [0.05, 0.1) is 6.04 Å². The Morgan fingerprint density at radius 1 is 1.19 bits per heavy atom. The average molecular weight is 281 g/mol. The minimum Gasteiger partial charge on any atom is -0.508 e. The summed E-state index contributed by atoms with van der Waals surface area (Å²) in [5.74, 6) is 0.376. The third-order valence-electron chi connectivity index (χ3n) is 4.46. The number of phenols is 1. The molecule has 0 heterocycles. The van der Waals surface area contributed by atoms with Gasteiger partial charge in [0.15, 0.2) is 0 Å². The Bertz CT molecular complexity index is 635. The first-order valence-electron chi connectivity index (χ1n) is 7.84. The predicted molar refractivity (Wildman–Crippen MR) is 88.0 cm³/mol. The van der Waals surface area contributed by atoms with Crippen LogP contribution in [-0.4, -0.2) is 11.7 Å². The number of hydrogen-bond acceptors (Lipinski definition) is 2. The number of aromatic hydroxyl groups is 1. The highest BCUT2D eigenvalue weighted by molar-refractivity contribution is 5.52. The quantitative estimate of drug-likeness (QED) is 0.888. The van der Waals surface area contributed by atoms with E-state index in [4.69, 9.17) is 0 Å². The molecule has 2 nitrogen and oxygen atoms in total. The summed E-state index contributed by atoms with van der Waals surface area (Å²) in [4.78, 5) is 2.46. The van der Waals surface area contributed by atoms with Gasteiger partial charge in [-0.15, -0.1) is 0 Å². The fourth-order valence-electron chi connectivity index (χ4n) is 3.47. The number of aryl methyl sites for hydroxylation is 2. The minimum atomic E-state index is 0.368. The lowest BCUT2D eigenvalue weighted by Crippen LogP contribution is -2.31. The summed E-state index contributed by atoms with van der Waals surface area (Å²) in [5.41, 5.74) is 5.25. The van der Waals surface area contributed by atoms with E-state index in [0.29, 0.717) is 11.8 Å². The first-order valence-corrected chi connectivity index (χ1v) is 7.84. The Kier molecular flexibility index (Phi) is 3.87. The van der Waals surface area contributed by atoms with Crippen LogP contribution >= 0.6 is 0 Å². The molecule has 0 aliphatic heterocycles. The van der Waals surface area contributed by atoms with Gasteiger partial charge in [0.2, 0.25) is 0 Å². The molecule has 1 N–H and O–H groups in total. The van der Waals surface area contributed by atoms with Crippen molar-refractivity contribution in [3.8, 4) is 5.75 Å². The molecule has 0 spiro atoms. The lowest BCUT2D eigenvalue weighted by Gasteiger charge is -2.37. The van der Waals surface area contributed by atoms with Crippen molar-refractivity contribution in [3.63, 3.8) is 0 Å². The normalized spacial score (nSPS) is 17.3. The summed E-state index contributed by atoms with van der Waals surface area (Å²) in [5, 5.41) is 9.86. The molecule has 1 atom stereocenters. The second-order valence-corrected chi connectivity index (χ2v) is 5.92. The van der Waals surface area contributed by atoms with Crippen LogP contribution in [0.2, 0.25) is 0 Å². The molecule has 3 rings (SSSR count). The molecule has 1 aliphatic carbocycles. The molecule has 2 aromatic rings. The highest BCUT2D eigenvalue weighted by Gasteiger charge is 2.25. The van der Waals surface area contributed by atoms with Crippen LogP contribution in [-0.2, 0) is 6.42 Å². The number of hydrogen-bond donors (Lipinski definition) is 1. The predicted octanol–water partition coefficient (Wildman–Crippen LogP) is 4.60. The van der Waals surface area contributed by atoms with Crippen LogP contribution in [0, 0.1) is 6.92 Å². The molecule has 0 bridgehead atoms. The van der Waals surface area contributed by atoms with Crippen molar-refractivity contribution in [1.29, 1.82) is 0 Å². The zero-order valence-corrected chi connectivity index (χ0v) is 12.8. The maximum atomic E-state index is 9.86. The topological polar surface area (TPSA) is 23.5 Å². The highest BCUT2D eigenvalue weighted by atomic mass is 16.3. The Morgan fingerprint density at radius 3 is 2.81 bits per heavy atom. The molecule has 0 saturated carbocycles. The van der Waals surface area contributed by atoms with Crippen LogP contribution in [0.3, 0.4) is 0 Å². The summed E-state index contributed by atoms with van der Waals surface area (Å²) in [6, 6.07) is 14.9. The zero-order chi connectivity index (χ0) is 14.8. The van der Waals surface area contributed by atoms with E-state index in [9.17, 15) is 5.11 Å². The molecule has 21 heavy (non-hydrogen) atoms. The van der Waals surface area contributed by atoms with Crippen molar-refractivity contribution in [3.05, 3.63) is 59.2 Å². The highest BCUT2D eigenvalue weighted by Crippen LogP contribution is 2.38. The first kappa shape index (κ1) is 14.0. The number of rotatable bonds is 3. The van der Waals surface area contributed by atoms with Gasteiger partial charge >= 0.3 is 0 Å². The number of fused-ring (bicyclic) bond motifs is 1. The summed E-state index contributed by atoms with van der Waals surface area (Å²) in [6.45, 7) is 5.32. The van der Waals surface area contributed by atoms with E-state index in [1.54, 1.807) is 0 Å².